The number of fused-ring (bicyclic) bond motifs is 1. The number of ether oxygens (including phenoxy) is 1. The molecular weight excluding hydrogens is 284 g/mol. The highest BCUT2D eigenvalue weighted by atomic mass is 16.5. The number of carboxylic acid groups (broad SMARTS) is 1. The summed E-state index contributed by atoms with van der Waals surface area (Å²) >= 11 is 0. The van der Waals surface area contributed by atoms with Gasteiger partial charge in [-0.25, -0.2) is 4.79 Å². The topological polar surface area (TPSA) is 76.7 Å². The van der Waals surface area contributed by atoms with Crippen LogP contribution in [0.25, 0.3) is 17.2 Å². The minimum absolute atomic E-state index is 0.389. The number of carbonyl (C=O) groups is 2. The molecule has 0 saturated carbocycles. The van der Waals surface area contributed by atoms with E-state index in [4.69, 9.17) is 14.3 Å². The van der Waals surface area contributed by atoms with E-state index >= 15 is 0 Å². The van der Waals surface area contributed by atoms with Crippen LogP contribution in [-0.4, -0.2) is 17.0 Å². The summed E-state index contributed by atoms with van der Waals surface area (Å²) in [5, 5.41) is 8.83. The zero-order valence-electron chi connectivity index (χ0n) is 12.8. The molecule has 2 rings (SSSR count). The highest BCUT2D eigenvalue weighted by Crippen LogP contribution is 2.41. The van der Waals surface area contributed by atoms with Gasteiger partial charge in [0.15, 0.2) is 0 Å². The van der Waals surface area contributed by atoms with Crippen molar-refractivity contribution >= 4 is 18.0 Å². The Morgan fingerprint density at radius 3 is 2.55 bits per heavy atom. The van der Waals surface area contributed by atoms with Gasteiger partial charge < -0.3 is 14.3 Å². The quantitative estimate of drug-likeness (QED) is 0.675. The van der Waals surface area contributed by atoms with Crippen molar-refractivity contribution in [3.63, 3.8) is 0 Å². The van der Waals surface area contributed by atoms with Gasteiger partial charge in [0.05, 0.1) is 0 Å². The van der Waals surface area contributed by atoms with Crippen molar-refractivity contribution in [3.05, 3.63) is 35.3 Å². The molecule has 0 unspecified atom stereocenters. The van der Waals surface area contributed by atoms with Crippen molar-refractivity contribution in [3.8, 4) is 16.9 Å². The highest BCUT2D eigenvalue weighted by Gasteiger charge is 2.22. The third kappa shape index (κ3) is 3.19. The molecule has 0 radical (unpaired) electrons. The van der Waals surface area contributed by atoms with Crippen LogP contribution in [-0.2, 0) is 22.4 Å². The monoisotopic (exact) mass is 302 g/mol. The summed E-state index contributed by atoms with van der Waals surface area (Å²) < 4.78 is 11.0. The molecule has 0 aromatic rings. The number of carboxylic acids is 1. The molecule has 0 bridgehead atoms. The summed E-state index contributed by atoms with van der Waals surface area (Å²) in [7, 11) is 0. The van der Waals surface area contributed by atoms with E-state index in [1.807, 2.05) is 19.9 Å². The Bertz CT molecular complexity index is 708. The van der Waals surface area contributed by atoms with Gasteiger partial charge in [-0.15, -0.1) is 0 Å². The minimum atomic E-state index is -1.05. The predicted octanol–water partition coefficient (Wildman–Crippen LogP) is 3.53. The number of hydrogen-bond donors (Lipinski definition) is 1. The number of esters is 1. The third-order valence-electron chi connectivity index (χ3n) is 3.31. The molecule has 116 valence electrons. The first-order valence-corrected chi connectivity index (χ1v) is 7.14. The summed E-state index contributed by atoms with van der Waals surface area (Å²) in [6.45, 7) is 5.25. The lowest BCUT2D eigenvalue weighted by Gasteiger charge is -2.09. The van der Waals surface area contributed by atoms with Gasteiger partial charge >= 0.3 is 11.9 Å². The van der Waals surface area contributed by atoms with Crippen molar-refractivity contribution < 1.29 is 23.8 Å². The van der Waals surface area contributed by atoms with E-state index < -0.39 is 5.97 Å². The lowest BCUT2D eigenvalue weighted by Crippen LogP contribution is -2.02. The molecule has 5 heteroatoms. The largest absolute Gasteiger partial charge is 0.478 e. The Morgan fingerprint density at radius 1 is 1.27 bits per heavy atom. The molecule has 1 N–H and O–H groups in total. The maximum Gasteiger partial charge on any atom is 0.328 e. The van der Waals surface area contributed by atoms with E-state index in [1.54, 1.807) is 6.07 Å². The van der Waals surface area contributed by atoms with Crippen LogP contribution in [0.3, 0.4) is 0 Å². The fourth-order valence-corrected chi connectivity index (χ4v) is 2.43. The number of rotatable bonds is 5. The molecule has 1 heterocycles. The first-order chi connectivity index (χ1) is 10.5. The Kier molecular flexibility index (Phi) is 4.65. The van der Waals surface area contributed by atoms with Crippen molar-refractivity contribution in [2.75, 3.05) is 0 Å². The SMILES string of the molecule is CCc1cc2cc(OC(C)=O)c(CC)c-2c(C=CC(=O)O)o1. The van der Waals surface area contributed by atoms with Gasteiger partial charge in [-0.05, 0) is 30.2 Å². The highest BCUT2D eigenvalue weighted by molar-refractivity contribution is 5.89. The summed E-state index contributed by atoms with van der Waals surface area (Å²) in [5.41, 5.74) is 2.50. The summed E-state index contributed by atoms with van der Waals surface area (Å²) in [4.78, 5) is 22.0. The second-order valence-electron chi connectivity index (χ2n) is 4.87. The molecule has 0 spiro atoms. The van der Waals surface area contributed by atoms with Crippen molar-refractivity contribution in [1.82, 2.24) is 0 Å². The molecule has 0 amide bonds. The summed E-state index contributed by atoms with van der Waals surface area (Å²) in [6.07, 6.45) is 3.79. The van der Waals surface area contributed by atoms with Crippen LogP contribution in [0.15, 0.2) is 22.6 Å². The predicted molar refractivity (Wildman–Crippen MR) is 82.1 cm³/mol. The van der Waals surface area contributed by atoms with Crippen LogP contribution < -0.4 is 4.74 Å². The lowest BCUT2D eigenvalue weighted by atomic mass is 10.0. The summed E-state index contributed by atoms with van der Waals surface area (Å²) in [6, 6.07) is 3.68. The maximum absolute atomic E-state index is 11.2. The molecule has 1 aliphatic heterocycles. The van der Waals surface area contributed by atoms with Crippen LogP contribution >= 0.6 is 0 Å². The normalized spacial score (nSPS) is 11.2. The smallest absolute Gasteiger partial charge is 0.328 e. The second kappa shape index (κ2) is 6.47. The molecule has 0 aromatic carbocycles. The van der Waals surface area contributed by atoms with Gasteiger partial charge in [0.1, 0.15) is 17.3 Å². The molecule has 0 fully saturated rings. The molecule has 22 heavy (non-hydrogen) atoms. The minimum Gasteiger partial charge on any atom is -0.478 e. The van der Waals surface area contributed by atoms with Crippen molar-refractivity contribution in [2.45, 2.75) is 33.6 Å². The van der Waals surface area contributed by atoms with Gasteiger partial charge in [-0.3, -0.25) is 4.79 Å². The zero-order chi connectivity index (χ0) is 16.3. The van der Waals surface area contributed by atoms with E-state index in [9.17, 15) is 9.59 Å². The zero-order valence-corrected chi connectivity index (χ0v) is 12.8. The molecule has 1 aliphatic carbocycles. The van der Waals surface area contributed by atoms with E-state index in [0.717, 1.165) is 28.5 Å². The van der Waals surface area contributed by atoms with Crippen LogP contribution in [0.4, 0.5) is 0 Å². The molecule has 0 saturated heterocycles. The number of aryl methyl sites for hydroxylation is 1. The third-order valence-corrected chi connectivity index (χ3v) is 3.31. The second-order valence-corrected chi connectivity index (χ2v) is 4.87. The van der Waals surface area contributed by atoms with Crippen LogP contribution in [0.1, 0.15) is 37.9 Å². The molecular formula is C17H18O5. The van der Waals surface area contributed by atoms with E-state index in [0.29, 0.717) is 24.4 Å². The number of carbonyl (C=O) groups excluding carboxylic acids is 1. The Hall–Kier alpha value is -2.56. The van der Waals surface area contributed by atoms with E-state index in [2.05, 4.69) is 0 Å². The molecule has 0 atom stereocenters. The average molecular weight is 302 g/mol. The first-order valence-electron chi connectivity index (χ1n) is 7.14. The maximum atomic E-state index is 11.2. The summed E-state index contributed by atoms with van der Waals surface area (Å²) in [5.74, 6) is 0.264. The molecule has 5 nitrogen and oxygen atoms in total. The van der Waals surface area contributed by atoms with Gasteiger partial charge in [0.2, 0.25) is 0 Å². The van der Waals surface area contributed by atoms with E-state index in [1.165, 1.54) is 13.0 Å². The van der Waals surface area contributed by atoms with Gasteiger partial charge in [0, 0.05) is 30.5 Å². The number of aliphatic carboxylic acids is 1. The van der Waals surface area contributed by atoms with Crippen LogP contribution in [0, 0.1) is 0 Å². The Morgan fingerprint density at radius 2 is 2.00 bits per heavy atom. The standard InChI is InChI=1S/C17H18O5/c1-4-12-8-11-9-15(21-10(3)18)13(5-2)17(11)14(22-12)6-7-16(19)20/h6-9H,4-5H2,1-3H3,(H,19,20). The lowest BCUT2D eigenvalue weighted by molar-refractivity contribution is -0.132. The Balaban J connectivity index is 2.68. The van der Waals surface area contributed by atoms with Crippen LogP contribution in [0.5, 0.6) is 5.75 Å². The fourth-order valence-electron chi connectivity index (χ4n) is 2.43. The average Bonchev–Trinajstić information content (AvgIpc) is 2.80. The van der Waals surface area contributed by atoms with Gasteiger partial charge in [-0.2, -0.15) is 0 Å². The van der Waals surface area contributed by atoms with E-state index in [-0.39, 0.29) is 5.97 Å². The molecule has 0 aromatic heterocycles. The van der Waals surface area contributed by atoms with Gasteiger partial charge in [0.25, 0.3) is 0 Å². The van der Waals surface area contributed by atoms with Crippen molar-refractivity contribution in [2.24, 2.45) is 0 Å². The molecule has 2 aliphatic rings. The number of hydrogen-bond acceptors (Lipinski definition) is 4. The fraction of sp³-hybridized carbons (Fsp3) is 0.294. The van der Waals surface area contributed by atoms with Gasteiger partial charge in [-0.1, -0.05) is 13.8 Å². The first kappa shape index (κ1) is 15.8. The van der Waals surface area contributed by atoms with Crippen LogP contribution in [0.2, 0.25) is 0 Å². The Labute approximate surface area is 128 Å². The van der Waals surface area contributed by atoms with Crippen molar-refractivity contribution in [1.29, 1.82) is 0 Å².